The van der Waals surface area contributed by atoms with Crippen LogP contribution in [0, 0.1) is 22.7 Å². The van der Waals surface area contributed by atoms with Crippen LogP contribution in [0.15, 0.2) is 41.1 Å². The summed E-state index contributed by atoms with van der Waals surface area (Å²) in [5, 5.41) is 28.4. The van der Waals surface area contributed by atoms with Gasteiger partial charge in [0.2, 0.25) is 0 Å². The SMILES string of the molecule is C=C1C=C[C@@]2(C)C(=C1)CC[C@H]1[C@@H]3C[C@H]4OC(C)(C)O[C@@]4(C(CO)=NN(C)C)[C@@]3(C)C[C@H](O)[C@@]12F. The number of nitrogens with zero attached hydrogens (tertiary/aromatic N) is 2. The molecule has 34 heavy (non-hydrogen) atoms. The Kier molecular flexibility index (Phi) is 5.15. The second-order valence-electron chi connectivity index (χ2n) is 12.1. The summed E-state index contributed by atoms with van der Waals surface area (Å²) in [6.45, 7) is 11.5. The molecule has 0 amide bonds. The normalized spacial score (nSPS) is 49.1. The minimum Gasteiger partial charge on any atom is -0.390 e. The molecule has 0 bridgehead atoms. The van der Waals surface area contributed by atoms with Crippen LogP contribution in [0.3, 0.4) is 0 Å². The molecule has 0 aromatic carbocycles. The Balaban J connectivity index is 1.66. The average molecular weight is 475 g/mol. The smallest absolute Gasteiger partial charge is 0.164 e. The zero-order valence-electron chi connectivity index (χ0n) is 21.3. The van der Waals surface area contributed by atoms with Crippen LogP contribution in [0.1, 0.15) is 53.4 Å². The van der Waals surface area contributed by atoms with Crippen LogP contribution >= 0.6 is 0 Å². The van der Waals surface area contributed by atoms with Gasteiger partial charge in [-0.05, 0) is 57.9 Å². The number of allylic oxidation sites excluding steroid dienone is 5. The largest absolute Gasteiger partial charge is 0.390 e. The second-order valence-corrected chi connectivity index (χ2v) is 12.1. The van der Waals surface area contributed by atoms with Gasteiger partial charge in [-0.3, -0.25) is 0 Å². The van der Waals surface area contributed by atoms with E-state index in [1.807, 2.05) is 39.0 Å². The Bertz CT molecular complexity index is 1000. The molecule has 7 heteroatoms. The molecule has 1 heterocycles. The molecular weight excluding hydrogens is 435 g/mol. The fourth-order valence-corrected chi connectivity index (χ4v) is 8.37. The molecule has 5 aliphatic rings. The van der Waals surface area contributed by atoms with Gasteiger partial charge in [0.25, 0.3) is 0 Å². The topological polar surface area (TPSA) is 74.5 Å². The highest BCUT2D eigenvalue weighted by Crippen LogP contribution is 2.72. The number of fused-ring (bicyclic) bond motifs is 7. The first kappa shape index (κ1) is 24.2. The van der Waals surface area contributed by atoms with E-state index in [0.717, 1.165) is 17.6 Å². The van der Waals surface area contributed by atoms with Crippen molar-refractivity contribution in [1.29, 1.82) is 0 Å². The lowest BCUT2D eigenvalue weighted by atomic mass is 9.44. The Labute approximate surface area is 202 Å². The van der Waals surface area contributed by atoms with Gasteiger partial charge in [-0.25, -0.2) is 4.39 Å². The third-order valence-electron chi connectivity index (χ3n) is 9.63. The van der Waals surface area contributed by atoms with Gasteiger partial charge in [-0.15, -0.1) is 0 Å². The zero-order valence-corrected chi connectivity index (χ0v) is 21.3. The van der Waals surface area contributed by atoms with E-state index >= 15 is 4.39 Å². The molecule has 1 aliphatic heterocycles. The van der Waals surface area contributed by atoms with Gasteiger partial charge < -0.3 is 24.7 Å². The molecule has 0 aromatic rings. The highest BCUT2D eigenvalue weighted by Gasteiger charge is 2.79. The van der Waals surface area contributed by atoms with Crippen LogP contribution in [0.2, 0.25) is 0 Å². The summed E-state index contributed by atoms with van der Waals surface area (Å²) in [6.07, 6.45) is 6.39. The van der Waals surface area contributed by atoms with Crippen LogP contribution in [-0.2, 0) is 9.47 Å². The average Bonchev–Trinajstić information content (AvgIpc) is 3.14. The van der Waals surface area contributed by atoms with E-state index in [4.69, 9.17) is 9.47 Å². The molecule has 1 saturated heterocycles. The number of ether oxygens (including phenoxy) is 2. The molecule has 0 unspecified atom stereocenters. The highest BCUT2D eigenvalue weighted by atomic mass is 19.1. The van der Waals surface area contributed by atoms with E-state index in [9.17, 15) is 10.2 Å². The summed E-state index contributed by atoms with van der Waals surface area (Å²) < 4.78 is 30.6. The minimum absolute atomic E-state index is 0.0992. The molecule has 4 aliphatic carbocycles. The zero-order chi connectivity index (χ0) is 24.9. The number of hydrazone groups is 1. The number of halogens is 1. The molecule has 8 atom stereocenters. The van der Waals surface area contributed by atoms with Gasteiger partial charge in [-0.1, -0.05) is 37.3 Å². The molecule has 2 N–H and O–H groups in total. The number of hydrogen-bond acceptors (Lipinski definition) is 6. The standard InChI is InChI=1S/C27H39FN2O4/c1-16-10-11-24(4)17(12-16)8-9-18-19-13-22-27(34-23(2,3)33-22,20(15-31)29-30(6)7)25(19,5)14-21(32)26(18,24)28/h10-12,18-19,21-22,31-32H,1,8-9,13-15H2,2-7H3/t18-,19-,21-,22+,24-,25-,26-,27+/m0/s1. The summed E-state index contributed by atoms with van der Waals surface area (Å²) in [4.78, 5) is 0. The molecule has 6 nitrogen and oxygen atoms in total. The molecular formula is C27H39FN2O4. The second kappa shape index (κ2) is 7.25. The number of aliphatic hydroxyl groups is 2. The fourth-order valence-electron chi connectivity index (χ4n) is 8.37. The molecule has 3 saturated carbocycles. The first-order chi connectivity index (χ1) is 15.7. The van der Waals surface area contributed by atoms with Crippen molar-refractivity contribution in [3.63, 3.8) is 0 Å². The minimum atomic E-state index is -1.81. The van der Waals surface area contributed by atoms with Crippen molar-refractivity contribution in [1.82, 2.24) is 5.01 Å². The third kappa shape index (κ3) is 2.78. The number of aliphatic hydroxyl groups excluding tert-OH is 2. The van der Waals surface area contributed by atoms with Crippen molar-refractivity contribution in [2.24, 2.45) is 27.8 Å². The maximum Gasteiger partial charge on any atom is 0.164 e. The summed E-state index contributed by atoms with van der Waals surface area (Å²) in [7, 11) is 3.61. The Morgan fingerprint density at radius 2 is 1.97 bits per heavy atom. The van der Waals surface area contributed by atoms with Crippen molar-refractivity contribution in [3.8, 4) is 0 Å². The number of rotatable bonds is 3. The maximum atomic E-state index is 17.5. The predicted octanol–water partition coefficient (Wildman–Crippen LogP) is 3.75. The van der Waals surface area contributed by atoms with Crippen molar-refractivity contribution in [2.75, 3.05) is 20.7 Å². The van der Waals surface area contributed by atoms with Crippen LogP contribution in [0.25, 0.3) is 0 Å². The molecule has 188 valence electrons. The maximum absolute atomic E-state index is 17.5. The van der Waals surface area contributed by atoms with Crippen molar-refractivity contribution in [3.05, 3.63) is 36.0 Å². The van der Waals surface area contributed by atoms with Crippen LogP contribution in [0.5, 0.6) is 0 Å². The van der Waals surface area contributed by atoms with Gasteiger partial charge in [0, 0.05) is 30.8 Å². The summed E-state index contributed by atoms with van der Waals surface area (Å²) in [5.74, 6) is -1.36. The molecule has 0 spiro atoms. The quantitative estimate of drug-likeness (QED) is 0.481. The lowest BCUT2D eigenvalue weighted by Gasteiger charge is -2.63. The predicted molar refractivity (Wildman–Crippen MR) is 129 cm³/mol. The van der Waals surface area contributed by atoms with E-state index in [1.54, 1.807) is 19.1 Å². The van der Waals surface area contributed by atoms with Gasteiger partial charge >= 0.3 is 0 Å². The first-order valence-electron chi connectivity index (χ1n) is 12.5. The summed E-state index contributed by atoms with van der Waals surface area (Å²) in [6, 6.07) is 0. The lowest BCUT2D eigenvalue weighted by Crippen LogP contribution is -2.70. The van der Waals surface area contributed by atoms with E-state index in [-0.39, 0.29) is 31.0 Å². The molecule has 0 aromatic heterocycles. The van der Waals surface area contributed by atoms with Gasteiger partial charge in [0.05, 0.1) is 24.5 Å². The first-order valence-corrected chi connectivity index (χ1v) is 12.5. The van der Waals surface area contributed by atoms with Crippen molar-refractivity contribution >= 4 is 5.71 Å². The number of alkyl halides is 1. The van der Waals surface area contributed by atoms with E-state index < -0.39 is 34.0 Å². The van der Waals surface area contributed by atoms with Crippen LogP contribution in [-0.4, -0.2) is 70.9 Å². The third-order valence-corrected chi connectivity index (χ3v) is 9.63. The van der Waals surface area contributed by atoms with Gasteiger partial charge in [0.15, 0.2) is 11.5 Å². The molecule has 5 rings (SSSR count). The Hall–Kier alpha value is -1.54. The number of hydrogen-bond donors (Lipinski definition) is 2. The monoisotopic (exact) mass is 474 g/mol. The summed E-state index contributed by atoms with van der Waals surface area (Å²) in [5.41, 5.74) is -2.05. The Morgan fingerprint density at radius 1 is 1.26 bits per heavy atom. The van der Waals surface area contributed by atoms with E-state index in [2.05, 4.69) is 18.6 Å². The van der Waals surface area contributed by atoms with Gasteiger partial charge in [-0.2, -0.15) is 5.10 Å². The van der Waals surface area contributed by atoms with E-state index in [0.29, 0.717) is 18.6 Å². The fraction of sp³-hybridized carbons (Fsp3) is 0.741. The lowest BCUT2D eigenvalue weighted by molar-refractivity contribution is -0.236. The van der Waals surface area contributed by atoms with Crippen molar-refractivity contribution < 1.29 is 24.1 Å². The van der Waals surface area contributed by atoms with Crippen LogP contribution < -0.4 is 0 Å². The van der Waals surface area contributed by atoms with Crippen LogP contribution in [0.4, 0.5) is 4.39 Å². The summed E-state index contributed by atoms with van der Waals surface area (Å²) >= 11 is 0. The van der Waals surface area contributed by atoms with E-state index in [1.165, 1.54) is 0 Å². The van der Waals surface area contributed by atoms with Gasteiger partial charge in [0.1, 0.15) is 5.60 Å². The Morgan fingerprint density at radius 3 is 2.62 bits per heavy atom. The van der Waals surface area contributed by atoms with Crippen molar-refractivity contribution in [2.45, 2.75) is 82.6 Å². The molecule has 0 radical (unpaired) electrons. The highest BCUT2D eigenvalue weighted by molar-refractivity contribution is 5.96. The molecule has 4 fully saturated rings.